The minimum absolute atomic E-state index is 0.00991. The van der Waals surface area contributed by atoms with Gasteiger partial charge in [0.2, 0.25) is 5.91 Å². The highest BCUT2D eigenvalue weighted by Gasteiger charge is 2.49. The summed E-state index contributed by atoms with van der Waals surface area (Å²) < 4.78 is 5.45. The molecule has 96 valence electrons. The highest BCUT2D eigenvalue weighted by molar-refractivity contribution is 6.18. The smallest absolute Gasteiger partial charge is 0.249 e. The predicted molar refractivity (Wildman–Crippen MR) is 66.2 cm³/mol. The van der Waals surface area contributed by atoms with Gasteiger partial charge < -0.3 is 4.52 Å². The van der Waals surface area contributed by atoms with Gasteiger partial charge in [0.25, 0.3) is 0 Å². The molecule has 0 saturated heterocycles. The van der Waals surface area contributed by atoms with Gasteiger partial charge in [-0.3, -0.25) is 4.79 Å². The number of nitrogens with zero attached hydrogens (tertiary/aromatic N) is 2. The van der Waals surface area contributed by atoms with Crippen molar-refractivity contribution in [3.8, 4) is 0 Å². The standard InChI is InChI=1S/C13H17N3O2/c1-4-5-7-9-8(18-16-7)6-13(2,3)10-11(9)14-15-12(10)17/h10H,4-6H2,1-3H3,(H,15,17). The Labute approximate surface area is 106 Å². The number of hydrogen-bond acceptors (Lipinski definition) is 4. The lowest BCUT2D eigenvalue weighted by Gasteiger charge is -2.33. The van der Waals surface area contributed by atoms with E-state index in [0.717, 1.165) is 42.0 Å². The van der Waals surface area contributed by atoms with Crippen molar-refractivity contribution in [3.63, 3.8) is 0 Å². The zero-order valence-corrected chi connectivity index (χ0v) is 10.9. The number of carbonyl (C=O) groups excluding carboxylic acids is 1. The molecule has 0 aromatic carbocycles. The SMILES string of the molecule is CCCc1noc2c1C1=NNC(=O)C1C(C)(C)C2. The molecule has 1 aliphatic carbocycles. The molecule has 0 fully saturated rings. The van der Waals surface area contributed by atoms with Crippen LogP contribution in [0.1, 0.15) is 44.2 Å². The molecule has 3 rings (SSSR count). The molecule has 0 saturated carbocycles. The van der Waals surface area contributed by atoms with Crippen LogP contribution >= 0.6 is 0 Å². The summed E-state index contributed by atoms with van der Waals surface area (Å²) in [6.45, 7) is 6.25. The number of fused-ring (bicyclic) bond motifs is 3. The fourth-order valence-electron chi connectivity index (χ4n) is 2.99. The molecule has 0 spiro atoms. The second kappa shape index (κ2) is 3.67. The summed E-state index contributed by atoms with van der Waals surface area (Å²) in [6.07, 6.45) is 2.59. The molecule has 0 bridgehead atoms. The third-order valence-corrected chi connectivity index (χ3v) is 3.80. The van der Waals surface area contributed by atoms with E-state index < -0.39 is 0 Å². The second-order valence-corrected chi connectivity index (χ2v) is 5.75. The Kier molecular flexibility index (Phi) is 2.33. The summed E-state index contributed by atoms with van der Waals surface area (Å²) in [4.78, 5) is 11.9. The number of hydrogen-bond donors (Lipinski definition) is 1. The summed E-state index contributed by atoms with van der Waals surface area (Å²) in [5, 5.41) is 8.35. The van der Waals surface area contributed by atoms with Crippen LogP contribution in [0.3, 0.4) is 0 Å². The van der Waals surface area contributed by atoms with Gasteiger partial charge >= 0.3 is 0 Å². The molecule has 1 aliphatic heterocycles. The first-order chi connectivity index (χ1) is 8.54. The van der Waals surface area contributed by atoms with Gasteiger partial charge in [0.15, 0.2) is 0 Å². The van der Waals surface area contributed by atoms with E-state index >= 15 is 0 Å². The Morgan fingerprint density at radius 3 is 3.00 bits per heavy atom. The van der Waals surface area contributed by atoms with E-state index in [4.69, 9.17) is 4.52 Å². The molecular formula is C13H17N3O2. The van der Waals surface area contributed by atoms with Crippen molar-refractivity contribution in [1.82, 2.24) is 10.6 Å². The molecular weight excluding hydrogens is 230 g/mol. The van der Waals surface area contributed by atoms with E-state index in [1.54, 1.807) is 0 Å². The number of nitrogens with one attached hydrogen (secondary N) is 1. The molecule has 0 radical (unpaired) electrons. The fraction of sp³-hybridized carbons (Fsp3) is 0.615. The predicted octanol–water partition coefficient (Wildman–Crippen LogP) is 1.66. The normalized spacial score (nSPS) is 24.3. The summed E-state index contributed by atoms with van der Waals surface area (Å²) >= 11 is 0. The first-order valence-corrected chi connectivity index (χ1v) is 6.40. The quantitative estimate of drug-likeness (QED) is 0.864. The van der Waals surface area contributed by atoms with Crippen molar-refractivity contribution < 1.29 is 9.32 Å². The number of amides is 1. The average molecular weight is 247 g/mol. The van der Waals surface area contributed by atoms with Crippen LogP contribution in [0.5, 0.6) is 0 Å². The molecule has 2 aliphatic rings. The Hall–Kier alpha value is -1.65. The van der Waals surface area contributed by atoms with Crippen LogP contribution in [0.25, 0.3) is 0 Å². The zero-order chi connectivity index (χ0) is 12.9. The van der Waals surface area contributed by atoms with Gasteiger partial charge in [-0.05, 0) is 11.8 Å². The van der Waals surface area contributed by atoms with Crippen molar-refractivity contribution in [2.45, 2.75) is 40.0 Å². The van der Waals surface area contributed by atoms with E-state index in [-0.39, 0.29) is 17.2 Å². The lowest BCUT2D eigenvalue weighted by Crippen LogP contribution is -2.41. The van der Waals surface area contributed by atoms with E-state index in [1.807, 2.05) is 0 Å². The first kappa shape index (κ1) is 11.4. The maximum absolute atomic E-state index is 11.9. The van der Waals surface area contributed by atoms with Crippen molar-refractivity contribution in [2.24, 2.45) is 16.4 Å². The third kappa shape index (κ3) is 1.43. The van der Waals surface area contributed by atoms with E-state index in [2.05, 4.69) is 36.5 Å². The Balaban J connectivity index is 2.14. The molecule has 5 heteroatoms. The highest BCUT2D eigenvalue weighted by atomic mass is 16.5. The van der Waals surface area contributed by atoms with Gasteiger partial charge in [-0.15, -0.1) is 0 Å². The van der Waals surface area contributed by atoms with Crippen LogP contribution in [0.4, 0.5) is 0 Å². The lowest BCUT2D eigenvalue weighted by molar-refractivity contribution is -0.124. The molecule has 18 heavy (non-hydrogen) atoms. The largest absolute Gasteiger partial charge is 0.360 e. The van der Waals surface area contributed by atoms with E-state index in [9.17, 15) is 4.79 Å². The summed E-state index contributed by atoms with van der Waals surface area (Å²) in [6, 6.07) is 0. The molecule has 1 aromatic rings. The van der Waals surface area contributed by atoms with E-state index in [1.165, 1.54) is 0 Å². The minimum Gasteiger partial charge on any atom is -0.360 e. The maximum atomic E-state index is 11.9. The van der Waals surface area contributed by atoms with Crippen LogP contribution in [0.2, 0.25) is 0 Å². The highest BCUT2D eigenvalue weighted by Crippen LogP contribution is 2.42. The van der Waals surface area contributed by atoms with Gasteiger partial charge in [-0.1, -0.05) is 32.3 Å². The maximum Gasteiger partial charge on any atom is 0.249 e. The minimum atomic E-state index is -0.181. The molecule has 5 nitrogen and oxygen atoms in total. The molecule has 1 atom stereocenters. The molecule has 1 aromatic heterocycles. The Morgan fingerprint density at radius 2 is 2.28 bits per heavy atom. The molecule has 1 N–H and O–H groups in total. The molecule has 1 unspecified atom stereocenters. The Morgan fingerprint density at radius 1 is 1.50 bits per heavy atom. The van der Waals surface area contributed by atoms with Crippen LogP contribution in [-0.2, 0) is 17.6 Å². The van der Waals surface area contributed by atoms with Gasteiger partial charge in [0.1, 0.15) is 5.76 Å². The summed E-state index contributed by atoms with van der Waals surface area (Å²) in [5.74, 6) is 0.680. The van der Waals surface area contributed by atoms with E-state index in [0.29, 0.717) is 0 Å². The summed E-state index contributed by atoms with van der Waals surface area (Å²) in [5.41, 5.74) is 5.15. The Bertz CT molecular complexity index is 542. The molecule has 2 heterocycles. The number of rotatable bonds is 2. The zero-order valence-electron chi connectivity index (χ0n) is 10.9. The number of carbonyl (C=O) groups is 1. The van der Waals surface area contributed by atoms with Crippen molar-refractivity contribution >= 4 is 11.6 Å². The number of aryl methyl sites for hydroxylation is 1. The van der Waals surface area contributed by atoms with Crippen LogP contribution in [0.15, 0.2) is 9.62 Å². The monoisotopic (exact) mass is 247 g/mol. The van der Waals surface area contributed by atoms with Crippen molar-refractivity contribution in [3.05, 3.63) is 17.0 Å². The van der Waals surface area contributed by atoms with Crippen LogP contribution in [-0.4, -0.2) is 16.8 Å². The van der Waals surface area contributed by atoms with Crippen molar-refractivity contribution in [1.29, 1.82) is 0 Å². The van der Waals surface area contributed by atoms with Crippen LogP contribution in [0, 0.1) is 11.3 Å². The number of aromatic nitrogens is 1. The lowest BCUT2D eigenvalue weighted by atomic mass is 9.67. The van der Waals surface area contributed by atoms with Gasteiger partial charge in [-0.25, -0.2) is 5.43 Å². The first-order valence-electron chi connectivity index (χ1n) is 6.40. The van der Waals surface area contributed by atoms with Gasteiger partial charge in [-0.2, -0.15) is 5.10 Å². The van der Waals surface area contributed by atoms with Gasteiger partial charge in [0, 0.05) is 6.42 Å². The molecule has 1 amide bonds. The average Bonchev–Trinajstić information content (AvgIpc) is 2.83. The topological polar surface area (TPSA) is 67.5 Å². The number of hydrazone groups is 1. The van der Waals surface area contributed by atoms with Crippen LogP contribution < -0.4 is 5.43 Å². The second-order valence-electron chi connectivity index (χ2n) is 5.75. The summed E-state index contributed by atoms with van der Waals surface area (Å²) in [7, 11) is 0. The fourth-order valence-corrected chi connectivity index (χ4v) is 2.99. The van der Waals surface area contributed by atoms with Gasteiger partial charge in [0.05, 0.1) is 22.9 Å². The third-order valence-electron chi connectivity index (χ3n) is 3.80. The van der Waals surface area contributed by atoms with Crippen molar-refractivity contribution in [2.75, 3.05) is 0 Å².